The molecule has 0 aromatic rings. The number of hydrogen-bond donors (Lipinski definition) is 0. The van der Waals surface area contributed by atoms with E-state index in [0.717, 1.165) is 6.04 Å². The number of hydrogen-bond acceptors (Lipinski definition) is 1. The van der Waals surface area contributed by atoms with Gasteiger partial charge in [0.05, 0.1) is 0 Å². The van der Waals surface area contributed by atoms with E-state index in [2.05, 4.69) is 32.7 Å². The van der Waals surface area contributed by atoms with Crippen LogP contribution in [0.1, 0.15) is 97.8 Å². The van der Waals surface area contributed by atoms with Crippen LogP contribution in [0, 0.1) is 0 Å². The Hall–Kier alpha value is -0.0400. The van der Waals surface area contributed by atoms with Crippen LogP contribution in [0.2, 0.25) is 0 Å². The molecule has 1 atom stereocenters. The lowest BCUT2D eigenvalue weighted by Crippen LogP contribution is -2.29. The molecule has 0 amide bonds. The van der Waals surface area contributed by atoms with Crippen LogP contribution in [-0.2, 0) is 0 Å². The Labute approximate surface area is 123 Å². The van der Waals surface area contributed by atoms with Gasteiger partial charge in [0.1, 0.15) is 0 Å². The van der Waals surface area contributed by atoms with Crippen molar-refractivity contribution in [3.63, 3.8) is 0 Å². The first-order chi connectivity index (χ1) is 9.22. The van der Waals surface area contributed by atoms with Crippen LogP contribution < -0.4 is 0 Å². The lowest BCUT2D eigenvalue weighted by atomic mass is 10.1. The molecule has 0 saturated carbocycles. The van der Waals surface area contributed by atoms with E-state index in [1.54, 1.807) is 0 Å². The zero-order valence-electron chi connectivity index (χ0n) is 14.2. The molecular formula is C18H39N. The van der Waals surface area contributed by atoms with Gasteiger partial charge in [-0.2, -0.15) is 0 Å². The molecule has 0 N–H and O–H groups in total. The summed E-state index contributed by atoms with van der Waals surface area (Å²) >= 11 is 0. The van der Waals surface area contributed by atoms with Crippen molar-refractivity contribution in [1.82, 2.24) is 4.90 Å². The highest BCUT2D eigenvalue weighted by Crippen LogP contribution is 2.12. The van der Waals surface area contributed by atoms with Crippen molar-refractivity contribution in [1.29, 1.82) is 0 Å². The van der Waals surface area contributed by atoms with Gasteiger partial charge in [-0.25, -0.2) is 0 Å². The third-order valence-corrected chi connectivity index (χ3v) is 4.34. The molecule has 0 aliphatic heterocycles. The Morgan fingerprint density at radius 2 is 1.16 bits per heavy atom. The Balaban J connectivity index is 3.35. The molecule has 0 aliphatic rings. The van der Waals surface area contributed by atoms with Crippen molar-refractivity contribution in [3.8, 4) is 0 Å². The Morgan fingerprint density at radius 1 is 0.684 bits per heavy atom. The molecule has 0 rings (SSSR count). The molecule has 0 heterocycles. The van der Waals surface area contributed by atoms with Gasteiger partial charge in [-0.05, 0) is 33.4 Å². The predicted molar refractivity (Wildman–Crippen MR) is 88.8 cm³/mol. The van der Waals surface area contributed by atoms with Crippen LogP contribution in [0.4, 0.5) is 0 Å². The predicted octanol–water partition coefficient (Wildman–Crippen LogP) is 6.03. The molecule has 0 bridgehead atoms. The number of unbranched alkanes of at least 4 members (excludes halogenated alkanes) is 9. The van der Waals surface area contributed by atoms with Crippen LogP contribution in [0.5, 0.6) is 0 Å². The van der Waals surface area contributed by atoms with Crippen molar-refractivity contribution in [2.45, 2.75) is 104 Å². The molecule has 0 aromatic carbocycles. The maximum absolute atomic E-state index is 2.57. The van der Waals surface area contributed by atoms with Crippen LogP contribution >= 0.6 is 0 Å². The molecule has 0 radical (unpaired) electrons. The van der Waals surface area contributed by atoms with Crippen molar-refractivity contribution in [2.75, 3.05) is 13.6 Å². The maximum Gasteiger partial charge on any atom is 0.00638 e. The third kappa shape index (κ3) is 12.7. The number of nitrogens with zero attached hydrogens (tertiary/aromatic N) is 1. The van der Waals surface area contributed by atoms with Crippen molar-refractivity contribution >= 4 is 0 Å². The molecule has 0 aliphatic carbocycles. The quantitative estimate of drug-likeness (QED) is 0.348. The van der Waals surface area contributed by atoms with Crippen molar-refractivity contribution in [2.24, 2.45) is 0 Å². The van der Waals surface area contributed by atoms with E-state index >= 15 is 0 Å². The summed E-state index contributed by atoms with van der Waals surface area (Å²) in [5, 5.41) is 0. The highest BCUT2D eigenvalue weighted by atomic mass is 15.1. The lowest BCUT2D eigenvalue weighted by molar-refractivity contribution is 0.236. The summed E-state index contributed by atoms with van der Waals surface area (Å²) < 4.78 is 0. The smallest absolute Gasteiger partial charge is 0.00638 e. The highest BCUT2D eigenvalue weighted by Gasteiger charge is 2.07. The van der Waals surface area contributed by atoms with E-state index in [1.807, 2.05) is 0 Å². The molecule has 0 spiro atoms. The zero-order chi connectivity index (χ0) is 14.3. The number of rotatable bonds is 14. The summed E-state index contributed by atoms with van der Waals surface area (Å²) in [4.78, 5) is 2.57. The molecule has 19 heavy (non-hydrogen) atoms. The lowest BCUT2D eigenvalue weighted by Gasteiger charge is -2.24. The van der Waals surface area contributed by atoms with E-state index in [9.17, 15) is 0 Å². The van der Waals surface area contributed by atoms with Gasteiger partial charge in [-0.1, -0.05) is 78.1 Å². The normalized spacial score (nSPS) is 13.1. The van der Waals surface area contributed by atoms with Gasteiger partial charge in [0.25, 0.3) is 0 Å². The Kier molecular flexibility index (Phi) is 14.3. The fourth-order valence-corrected chi connectivity index (χ4v) is 2.63. The largest absolute Gasteiger partial charge is 0.304 e. The van der Waals surface area contributed by atoms with E-state index in [4.69, 9.17) is 0 Å². The molecule has 0 saturated heterocycles. The first kappa shape index (κ1) is 19.0. The Bertz CT molecular complexity index is 167. The van der Waals surface area contributed by atoms with Crippen molar-refractivity contribution < 1.29 is 0 Å². The van der Waals surface area contributed by atoms with E-state index in [0.29, 0.717) is 0 Å². The van der Waals surface area contributed by atoms with Crippen LogP contribution in [0.25, 0.3) is 0 Å². The van der Waals surface area contributed by atoms with Gasteiger partial charge < -0.3 is 4.90 Å². The van der Waals surface area contributed by atoms with E-state index in [-0.39, 0.29) is 0 Å². The van der Waals surface area contributed by atoms with Gasteiger partial charge in [0.2, 0.25) is 0 Å². The van der Waals surface area contributed by atoms with E-state index in [1.165, 1.54) is 83.6 Å². The van der Waals surface area contributed by atoms with Gasteiger partial charge >= 0.3 is 0 Å². The second kappa shape index (κ2) is 14.4. The van der Waals surface area contributed by atoms with Gasteiger partial charge in [0.15, 0.2) is 0 Å². The average Bonchev–Trinajstić information content (AvgIpc) is 2.42. The van der Waals surface area contributed by atoms with Gasteiger partial charge in [0, 0.05) is 6.04 Å². The minimum Gasteiger partial charge on any atom is -0.304 e. The minimum absolute atomic E-state index is 0.775. The van der Waals surface area contributed by atoms with Crippen LogP contribution in [-0.4, -0.2) is 24.5 Å². The molecule has 0 aromatic heterocycles. The zero-order valence-corrected chi connectivity index (χ0v) is 14.2. The Morgan fingerprint density at radius 3 is 1.74 bits per heavy atom. The fraction of sp³-hybridized carbons (Fsp3) is 1.00. The van der Waals surface area contributed by atoms with Gasteiger partial charge in [-0.15, -0.1) is 0 Å². The monoisotopic (exact) mass is 269 g/mol. The fourth-order valence-electron chi connectivity index (χ4n) is 2.63. The molecule has 1 nitrogen and oxygen atoms in total. The summed E-state index contributed by atoms with van der Waals surface area (Å²) in [5.41, 5.74) is 0. The highest BCUT2D eigenvalue weighted by molar-refractivity contribution is 4.63. The first-order valence-electron chi connectivity index (χ1n) is 8.92. The summed E-state index contributed by atoms with van der Waals surface area (Å²) in [6.45, 7) is 8.27. The van der Waals surface area contributed by atoms with Gasteiger partial charge in [-0.3, -0.25) is 0 Å². The molecular weight excluding hydrogens is 230 g/mol. The van der Waals surface area contributed by atoms with Crippen LogP contribution in [0.3, 0.4) is 0 Å². The average molecular weight is 270 g/mol. The first-order valence-corrected chi connectivity index (χ1v) is 8.92. The maximum atomic E-state index is 2.57. The summed E-state index contributed by atoms with van der Waals surface area (Å²) in [6.07, 6.45) is 16.9. The molecule has 116 valence electrons. The second-order valence-corrected chi connectivity index (χ2v) is 6.30. The molecule has 1 heteroatoms. The standard InChI is InChI=1S/C18H39N/c1-5-7-9-11-13-15-17-19(4)18(3)16-14-12-10-8-6-2/h18H,5-17H2,1-4H3. The summed E-state index contributed by atoms with van der Waals surface area (Å²) in [7, 11) is 2.31. The van der Waals surface area contributed by atoms with E-state index < -0.39 is 0 Å². The molecule has 0 fully saturated rings. The molecule has 1 unspecified atom stereocenters. The second-order valence-electron chi connectivity index (χ2n) is 6.30. The summed E-state index contributed by atoms with van der Waals surface area (Å²) in [5.74, 6) is 0. The van der Waals surface area contributed by atoms with Crippen LogP contribution in [0.15, 0.2) is 0 Å². The minimum atomic E-state index is 0.775. The SMILES string of the molecule is CCCCCCCCN(C)C(C)CCCCCCC. The summed E-state index contributed by atoms with van der Waals surface area (Å²) in [6, 6.07) is 0.775. The third-order valence-electron chi connectivity index (χ3n) is 4.34. The van der Waals surface area contributed by atoms with Crippen molar-refractivity contribution in [3.05, 3.63) is 0 Å². The topological polar surface area (TPSA) is 3.24 Å².